The molecule has 1 aliphatic carbocycles. The van der Waals surface area contributed by atoms with E-state index in [1.165, 1.54) is 6.08 Å². The summed E-state index contributed by atoms with van der Waals surface area (Å²) in [6, 6.07) is 0. The molecular weight excluding hydrogens is 116 g/mol. The Labute approximate surface area is 54.2 Å². The largest absolute Gasteiger partial charge is 0.385 e. The predicted octanol–water partition coefficient (Wildman–Crippen LogP) is 0.512. The minimum Gasteiger partial charge on any atom is -0.385 e. The Morgan fingerprint density at radius 1 is 1.78 bits per heavy atom. The Morgan fingerprint density at radius 2 is 2.44 bits per heavy atom. The summed E-state index contributed by atoms with van der Waals surface area (Å²) in [5.41, 5.74) is 0. The average molecular weight is 126 g/mol. The van der Waals surface area contributed by atoms with Crippen LogP contribution in [0.4, 0.5) is 0 Å². The number of ketones is 1. The van der Waals surface area contributed by atoms with Crippen LogP contribution in [-0.2, 0) is 4.79 Å². The molecule has 0 spiro atoms. The molecule has 0 aromatic heterocycles. The molecule has 0 saturated heterocycles. The van der Waals surface area contributed by atoms with Gasteiger partial charge in [-0.15, -0.1) is 0 Å². The second-order valence-electron chi connectivity index (χ2n) is 2.46. The van der Waals surface area contributed by atoms with E-state index in [-0.39, 0.29) is 11.7 Å². The smallest absolute Gasteiger partial charge is 0.184 e. The topological polar surface area (TPSA) is 37.3 Å². The molecule has 0 aromatic carbocycles. The van der Waals surface area contributed by atoms with E-state index in [9.17, 15) is 4.79 Å². The quantitative estimate of drug-likeness (QED) is 0.513. The summed E-state index contributed by atoms with van der Waals surface area (Å²) in [4.78, 5) is 10.7. The molecule has 0 fully saturated rings. The molecule has 0 unspecified atom stereocenters. The Balaban J connectivity index is 2.69. The van der Waals surface area contributed by atoms with Gasteiger partial charge in [0.05, 0.1) is 0 Å². The van der Waals surface area contributed by atoms with Crippen molar-refractivity contribution in [1.29, 1.82) is 0 Å². The van der Waals surface area contributed by atoms with Crippen LogP contribution in [0.2, 0.25) is 0 Å². The second kappa shape index (κ2) is 2.31. The molecule has 2 nitrogen and oxygen atoms in total. The highest BCUT2D eigenvalue weighted by atomic mass is 16.3. The molecule has 2 heteroatoms. The summed E-state index contributed by atoms with van der Waals surface area (Å²) in [5.74, 6) is -0.0590. The summed E-state index contributed by atoms with van der Waals surface area (Å²) in [7, 11) is 0. The van der Waals surface area contributed by atoms with Crippen LogP contribution in [0.1, 0.15) is 13.3 Å². The molecule has 0 aromatic rings. The van der Waals surface area contributed by atoms with Crippen molar-refractivity contribution in [2.45, 2.75) is 19.4 Å². The van der Waals surface area contributed by atoms with Crippen molar-refractivity contribution in [1.82, 2.24) is 0 Å². The van der Waals surface area contributed by atoms with Gasteiger partial charge in [-0.1, -0.05) is 13.0 Å². The number of carbonyl (C=O) groups excluding carboxylic acids is 1. The number of rotatable bonds is 0. The van der Waals surface area contributed by atoms with Gasteiger partial charge in [0.1, 0.15) is 6.10 Å². The van der Waals surface area contributed by atoms with Crippen molar-refractivity contribution >= 4 is 5.78 Å². The molecule has 1 N–H and O–H groups in total. The van der Waals surface area contributed by atoms with E-state index in [4.69, 9.17) is 5.11 Å². The van der Waals surface area contributed by atoms with E-state index in [1.54, 1.807) is 6.08 Å². The molecule has 2 atom stereocenters. The van der Waals surface area contributed by atoms with Crippen LogP contribution >= 0.6 is 0 Å². The maximum Gasteiger partial charge on any atom is 0.184 e. The lowest BCUT2D eigenvalue weighted by Gasteiger charge is -2.17. The molecule has 50 valence electrons. The maximum atomic E-state index is 10.7. The summed E-state index contributed by atoms with van der Waals surface area (Å²) < 4.78 is 0. The van der Waals surface area contributed by atoms with E-state index >= 15 is 0 Å². The number of carbonyl (C=O) groups is 1. The number of aliphatic hydroxyl groups excluding tert-OH is 1. The van der Waals surface area contributed by atoms with Gasteiger partial charge in [0, 0.05) is 0 Å². The zero-order chi connectivity index (χ0) is 6.85. The van der Waals surface area contributed by atoms with Crippen LogP contribution in [0.5, 0.6) is 0 Å². The van der Waals surface area contributed by atoms with Gasteiger partial charge in [-0.25, -0.2) is 0 Å². The first kappa shape index (κ1) is 6.49. The SMILES string of the molecule is C[C@H]1CC=CC(=O)[C@H]1O. The van der Waals surface area contributed by atoms with Crippen LogP contribution in [-0.4, -0.2) is 17.0 Å². The van der Waals surface area contributed by atoms with Gasteiger partial charge >= 0.3 is 0 Å². The monoisotopic (exact) mass is 126 g/mol. The molecule has 0 amide bonds. The molecule has 1 aliphatic rings. The first-order valence-electron chi connectivity index (χ1n) is 3.10. The number of hydrogen-bond acceptors (Lipinski definition) is 2. The average Bonchev–Trinajstić information content (AvgIpc) is 1.83. The summed E-state index contributed by atoms with van der Waals surface area (Å²) in [6.45, 7) is 1.87. The van der Waals surface area contributed by atoms with Gasteiger partial charge in [-0.2, -0.15) is 0 Å². The lowest BCUT2D eigenvalue weighted by molar-refractivity contribution is -0.125. The van der Waals surface area contributed by atoms with E-state index in [1.807, 2.05) is 6.92 Å². The molecule has 1 rings (SSSR count). The van der Waals surface area contributed by atoms with Gasteiger partial charge in [0.15, 0.2) is 5.78 Å². The molecule has 9 heavy (non-hydrogen) atoms. The van der Waals surface area contributed by atoms with Gasteiger partial charge in [-0.3, -0.25) is 4.79 Å². The highest BCUT2D eigenvalue weighted by Gasteiger charge is 2.21. The van der Waals surface area contributed by atoms with Gasteiger partial charge in [0.2, 0.25) is 0 Å². The van der Waals surface area contributed by atoms with E-state index in [2.05, 4.69) is 0 Å². The minimum absolute atomic E-state index is 0.0995. The van der Waals surface area contributed by atoms with E-state index < -0.39 is 6.10 Å². The maximum absolute atomic E-state index is 10.7. The molecule has 0 saturated carbocycles. The lowest BCUT2D eigenvalue weighted by Crippen LogP contribution is -2.28. The fraction of sp³-hybridized carbons (Fsp3) is 0.571. The highest BCUT2D eigenvalue weighted by Crippen LogP contribution is 2.14. The minimum atomic E-state index is -0.755. The Hall–Kier alpha value is -0.630. The number of aliphatic hydroxyl groups is 1. The summed E-state index contributed by atoms with van der Waals surface area (Å²) in [5, 5.41) is 9.05. The predicted molar refractivity (Wildman–Crippen MR) is 33.9 cm³/mol. The highest BCUT2D eigenvalue weighted by molar-refractivity contribution is 5.94. The normalized spacial score (nSPS) is 35.1. The van der Waals surface area contributed by atoms with Gasteiger partial charge in [0.25, 0.3) is 0 Å². The Kier molecular flexibility index (Phi) is 1.67. The number of hydrogen-bond donors (Lipinski definition) is 1. The molecule has 0 bridgehead atoms. The molecular formula is C7H10O2. The van der Waals surface area contributed by atoms with Crippen LogP contribution in [0.15, 0.2) is 12.2 Å². The number of allylic oxidation sites excluding steroid dienone is 1. The lowest BCUT2D eigenvalue weighted by atomic mass is 9.92. The second-order valence-corrected chi connectivity index (χ2v) is 2.46. The summed E-state index contributed by atoms with van der Waals surface area (Å²) >= 11 is 0. The van der Waals surface area contributed by atoms with Crippen molar-refractivity contribution in [2.75, 3.05) is 0 Å². The third kappa shape index (κ3) is 1.19. The summed E-state index contributed by atoms with van der Waals surface area (Å²) in [6.07, 6.45) is 3.31. The van der Waals surface area contributed by atoms with E-state index in [0.717, 1.165) is 6.42 Å². The first-order chi connectivity index (χ1) is 4.22. The third-order valence-electron chi connectivity index (χ3n) is 1.62. The fourth-order valence-electron chi connectivity index (χ4n) is 0.907. The van der Waals surface area contributed by atoms with Crippen molar-refractivity contribution in [2.24, 2.45) is 5.92 Å². The van der Waals surface area contributed by atoms with Crippen LogP contribution in [0, 0.1) is 5.92 Å². The molecule has 0 radical (unpaired) electrons. The third-order valence-corrected chi connectivity index (χ3v) is 1.62. The Morgan fingerprint density at radius 3 is 2.89 bits per heavy atom. The Bertz CT molecular complexity index is 149. The molecule has 0 aliphatic heterocycles. The van der Waals surface area contributed by atoms with Crippen molar-refractivity contribution in [3.63, 3.8) is 0 Å². The van der Waals surface area contributed by atoms with Crippen LogP contribution in [0.25, 0.3) is 0 Å². The van der Waals surface area contributed by atoms with Gasteiger partial charge in [-0.05, 0) is 18.4 Å². The van der Waals surface area contributed by atoms with Crippen molar-refractivity contribution in [3.05, 3.63) is 12.2 Å². The standard InChI is InChI=1S/C7H10O2/c1-5-3-2-4-6(8)7(5)9/h2,4-5,7,9H,3H2,1H3/t5-,7-/m0/s1. The molecule has 0 heterocycles. The van der Waals surface area contributed by atoms with Gasteiger partial charge < -0.3 is 5.11 Å². The van der Waals surface area contributed by atoms with Crippen molar-refractivity contribution in [3.8, 4) is 0 Å². The first-order valence-corrected chi connectivity index (χ1v) is 3.10. The zero-order valence-corrected chi connectivity index (χ0v) is 5.37. The zero-order valence-electron chi connectivity index (χ0n) is 5.37. The fourth-order valence-corrected chi connectivity index (χ4v) is 0.907. The van der Waals surface area contributed by atoms with Crippen LogP contribution in [0.3, 0.4) is 0 Å². The van der Waals surface area contributed by atoms with E-state index in [0.29, 0.717) is 0 Å². The van der Waals surface area contributed by atoms with Crippen molar-refractivity contribution < 1.29 is 9.90 Å². The van der Waals surface area contributed by atoms with Crippen LogP contribution < -0.4 is 0 Å².